The Hall–Kier alpha value is -3.08. The van der Waals surface area contributed by atoms with Gasteiger partial charge in [0.15, 0.2) is 0 Å². The van der Waals surface area contributed by atoms with Crippen LogP contribution < -0.4 is 0 Å². The summed E-state index contributed by atoms with van der Waals surface area (Å²) >= 11 is 0. The summed E-state index contributed by atoms with van der Waals surface area (Å²) in [6, 6.07) is 15.0. The van der Waals surface area contributed by atoms with Crippen LogP contribution >= 0.6 is 0 Å². The molecule has 7 heteroatoms. The molecule has 1 aliphatic heterocycles. The van der Waals surface area contributed by atoms with Gasteiger partial charge in [-0.1, -0.05) is 23.4 Å². The predicted molar refractivity (Wildman–Crippen MR) is 92.5 cm³/mol. The zero-order chi connectivity index (χ0) is 17.9. The molecule has 2 aromatic heterocycles. The number of aliphatic hydroxyl groups is 1. The molecule has 0 radical (unpaired) electrons. The maximum Gasteiger partial charge on any atom is 0.244 e. The first-order chi connectivity index (χ1) is 12.7. The van der Waals surface area contributed by atoms with E-state index in [4.69, 9.17) is 9.78 Å². The second-order valence-electron chi connectivity index (χ2n) is 6.32. The summed E-state index contributed by atoms with van der Waals surface area (Å²) in [6.45, 7) is 1.11. The van der Waals surface area contributed by atoms with Gasteiger partial charge in [0.25, 0.3) is 0 Å². The minimum absolute atomic E-state index is 0.166. The molecule has 0 unspecified atom stereocenters. The van der Waals surface area contributed by atoms with Gasteiger partial charge in [0.1, 0.15) is 5.69 Å². The van der Waals surface area contributed by atoms with E-state index >= 15 is 0 Å². The normalized spacial score (nSPS) is 20.2. The van der Waals surface area contributed by atoms with Crippen LogP contribution in [-0.2, 0) is 6.54 Å². The number of β-amino-alcohol motifs (C(OH)–C–C–N with tert-alkyl or cyclic N) is 1. The maximum atomic E-state index is 10.1. The van der Waals surface area contributed by atoms with Gasteiger partial charge in [0.05, 0.1) is 23.8 Å². The molecule has 1 saturated heterocycles. The second kappa shape index (κ2) is 7.04. The van der Waals surface area contributed by atoms with Gasteiger partial charge in [-0.15, -0.1) is 0 Å². The highest BCUT2D eigenvalue weighted by molar-refractivity contribution is 5.47. The van der Waals surface area contributed by atoms with Crippen molar-refractivity contribution in [2.45, 2.75) is 25.1 Å². The van der Waals surface area contributed by atoms with Crippen molar-refractivity contribution in [1.82, 2.24) is 20.0 Å². The number of hydrogen-bond donors (Lipinski definition) is 1. The van der Waals surface area contributed by atoms with E-state index < -0.39 is 6.10 Å². The van der Waals surface area contributed by atoms with E-state index in [1.54, 1.807) is 12.3 Å². The summed E-state index contributed by atoms with van der Waals surface area (Å²) < 4.78 is 5.46. The van der Waals surface area contributed by atoms with Crippen LogP contribution in [0.15, 0.2) is 53.2 Å². The standard InChI is InChI=1S/C19H17N5O2/c20-10-13-4-3-5-14(8-13)11-24-12-15(25)9-17(24)19-22-18(23-26-19)16-6-1-2-7-21-16/h1-8,15,17,25H,9,11-12H2/t15-,17+/m1/s1. The number of benzene rings is 1. The predicted octanol–water partition coefficient (Wildman–Crippen LogP) is 2.31. The molecule has 2 atom stereocenters. The number of rotatable bonds is 4. The van der Waals surface area contributed by atoms with Crippen molar-refractivity contribution >= 4 is 0 Å². The van der Waals surface area contributed by atoms with Crippen LogP contribution in [0, 0.1) is 11.3 Å². The lowest BCUT2D eigenvalue weighted by Crippen LogP contribution is -2.24. The monoisotopic (exact) mass is 347 g/mol. The fourth-order valence-electron chi connectivity index (χ4n) is 3.25. The van der Waals surface area contributed by atoms with Crippen LogP contribution in [0.25, 0.3) is 11.5 Å². The van der Waals surface area contributed by atoms with Crippen LogP contribution in [-0.4, -0.2) is 37.8 Å². The van der Waals surface area contributed by atoms with E-state index in [1.807, 2.05) is 36.4 Å². The number of hydrogen-bond acceptors (Lipinski definition) is 7. The van der Waals surface area contributed by atoms with E-state index in [0.717, 1.165) is 5.56 Å². The Morgan fingerprint density at radius 2 is 2.19 bits per heavy atom. The molecule has 0 spiro atoms. The number of pyridine rings is 1. The zero-order valence-electron chi connectivity index (χ0n) is 14.0. The number of nitrogens with zero attached hydrogens (tertiary/aromatic N) is 5. The third kappa shape index (κ3) is 3.33. The molecular weight excluding hydrogens is 330 g/mol. The summed E-state index contributed by atoms with van der Waals surface area (Å²) in [7, 11) is 0. The van der Waals surface area contributed by atoms with Crippen molar-refractivity contribution in [3.63, 3.8) is 0 Å². The minimum Gasteiger partial charge on any atom is -0.392 e. The van der Waals surface area contributed by atoms with Gasteiger partial charge in [-0.05, 0) is 36.2 Å². The largest absolute Gasteiger partial charge is 0.392 e. The molecule has 130 valence electrons. The first-order valence-electron chi connectivity index (χ1n) is 8.39. The van der Waals surface area contributed by atoms with Crippen molar-refractivity contribution in [3.8, 4) is 17.6 Å². The maximum absolute atomic E-state index is 10.1. The smallest absolute Gasteiger partial charge is 0.244 e. The first-order valence-corrected chi connectivity index (χ1v) is 8.39. The van der Waals surface area contributed by atoms with Crippen LogP contribution in [0.2, 0.25) is 0 Å². The van der Waals surface area contributed by atoms with Crippen molar-refractivity contribution in [3.05, 3.63) is 65.7 Å². The van der Waals surface area contributed by atoms with Gasteiger partial charge in [0, 0.05) is 19.3 Å². The van der Waals surface area contributed by atoms with Crippen LogP contribution in [0.4, 0.5) is 0 Å². The van der Waals surface area contributed by atoms with E-state index in [-0.39, 0.29) is 6.04 Å². The Labute approximate surface area is 150 Å². The fraction of sp³-hybridized carbons (Fsp3) is 0.263. The van der Waals surface area contributed by atoms with Crippen LogP contribution in [0.1, 0.15) is 29.5 Å². The fourth-order valence-corrected chi connectivity index (χ4v) is 3.25. The third-order valence-electron chi connectivity index (χ3n) is 4.44. The number of aliphatic hydroxyl groups excluding tert-OH is 1. The van der Waals surface area contributed by atoms with E-state index in [0.29, 0.717) is 42.5 Å². The van der Waals surface area contributed by atoms with Gasteiger partial charge in [-0.3, -0.25) is 9.88 Å². The number of likely N-dealkylation sites (tertiary alicyclic amines) is 1. The highest BCUT2D eigenvalue weighted by Gasteiger charge is 2.36. The Morgan fingerprint density at radius 1 is 1.27 bits per heavy atom. The van der Waals surface area contributed by atoms with Crippen molar-refractivity contribution in [2.24, 2.45) is 0 Å². The lowest BCUT2D eigenvalue weighted by molar-refractivity contribution is 0.169. The lowest BCUT2D eigenvalue weighted by atomic mass is 10.1. The van der Waals surface area contributed by atoms with Crippen molar-refractivity contribution in [2.75, 3.05) is 6.54 Å². The average Bonchev–Trinajstić information content (AvgIpc) is 3.29. The van der Waals surface area contributed by atoms with Gasteiger partial charge in [-0.25, -0.2) is 0 Å². The molecule has 1 aliphatic rings. The second-order valence-corrected chi connectivity index (χ2v) is 6.32. The molecule has 0 amide bonds. The molecule has 3 heterocycles. The Balaban J connectivity index is 1.57. The van der Waals surface area contributed by atoms with E-state index in [9.17, 15) is 5.11 Å². The molecule has 26 heavy (non-hydrogen) atoms. The average molecular weight is 347 g/mol. The van der Waals surface area contributed by atoms with E-state index in [1.165, 1.54) is 0 Å². The summed E-state index contributed by atoms with van der Waals surface area (Å²) in [4.78, 5) is 10.8. The molecular formula is C19H17N5O2. The highest BCUT2D eigenvalue weighted by atomic mass is 16.5. The lowest BCUT2D eigenvalue weighted by Gasteiger charge is -2.21. The Bertz CT molecular complexity index is 934. The molecule has 4 rings (SSSR count). The van der Waals surface area contributed by atoms with Crippen molar-refractivity contribution in [1.29, 1.82) is 5.26 Å². The topological polar surface area (TPSA) is 99.1 Å². The molecule has 1 aromatic carbocycles. The van der Waals surface area contributed by atoms with Gasteiger partial charge < -0.3 is 9.63 Å². The Morgan fingerprint density at radius 3 is 3.00 bits per heavy atom. The van der Waals surface area contributed by atoms with Gasteiger partial charge in [-0.2, -0.15) is 10.2 Å². The van der Waals surface area contributed by atoms with Crippen LogP contribution in [0.5, 0.6) is 0 Å². The molecule has 1 fully saturated rings. The minimum atomic E-state index is -0.454. The summed E-state index contributed by atoms with van der Waals surface area (Å²) in [5.41, 5.74) is 2.27. The zero-order valence-corrected chi connectivity index (χ0v) is 14.0. The molecule has 1 N–H and O–H groups in total. The SMILES string of the molecule is N#Cc1cccc(CN2C[C@H](O)C[C@H]2c2nc(-c3ccccn3)no2)c1. The summed E-state index contributed by atoms with van der Waals surface area (Å²) in [6.07, 6.45) is 1.75. The van der Waals surface area contributed by atoms with E-state index in [2.05, 4.69) is 26.1 Å². The molecule has 3 aromatic rings. The van der Waals surface area contributed by atoms with Crippen molar-refractivity contribution < 1.29 is 9.63 Å². The first kappa shape index (κ1) is 16.4. The molecule has 0 bridgehead atoms. The Kier molecular flexibility index (Phi) is 4.44. The molecule has 0 saturated carbocycles. The highest BCUT2D eigenvalue weighted by Crippen LogP contribution is 2.33. The molecule has 0 aliphatic carbocycles. The summed E-state index contributed by atoms with van der Waals surface area (Å²) in [5.74, 6) is 0.909. The van der Waals surface area contributed by atoms with Crippen LogP contribution in [0.3, 0.4) is 0 Å². The quantitative estimate of drug-likeness (QED) is 0.773. The number of nitriles is 1. The number of aromatic nitrogens is 3. The van der Waals surface area contributed by atoms with Gasteiger partial charge in [0.2, 0.25) is 11.7 Å². The molecule has 7 nitrogen and oxygen atoms in total. The van der Waals surface area contributed by atoms with Gasteiger partial charge >= 0.3 is 0 Å². The third-order valence-corrected chi connectivity index (χ3v) is 4.44. The summed E-state index contributed by atoms with van der Waals surface area (Å²) in [5, 5.41) is 23.2.